The number of likely N-dealkylation sites (N-methyl/N-ethyl adjacent to an activating group) is 1. The second kappa shape index (κ2) is 7.13. The molecule has 6 heteroatoms. The molecule has 1 rings (SSSR count). The predicted molar refractivity (Wildman–Crippen MR) is 71.2 cm³/mol. The summed E-state index contributed by atoms with van der Waals surface area (Å²) in [7, 11) is 3.25. The van der Waals surface area contributed by atoms with Crippen molar-refractivity contribution in [2.75, 3.05) is 27.2 Å². The van der Waals surface area contributed by atoms with E-state index in [0.29, 0.717) is 5.56 Å². The van der Waals surface area contributed by atoms with Crippen LogP contribution in [-0.2, 0) is 4.79 Å². The molecule has 0 spiro atoms. The Bertz CT molecular complexity index is 512. The second-order valence-electron chi connectivity index (χ2n) is 3.91. The minimum Gasteiger partial charge on any atom is -0.347 e. The van der Waals surface area contributed by atoms with E-state index in [4.69, 9.17) is 5.73 Å². The normalized spacial score (nSPS) is 9.21. The van der Waals surface area contributed by atoms with Crippen molar-refractivity contribution in [3.05, 3.63) is 29.6 Å². The van der Waals surface area contributed by atoms with Gasteiger partial charge in [-0.3, -0.25) is 9.59 Å². The van der Waals surface area contributed by atoms with E-state index >= 15 is 0 Å². The zero-order valence-corrected chi connectivity index (χ0v) is 10.9. The first kappa shape index (κ1) is 14.7. The van der Waals surface area contributed by atoms with Crippen LogP contribution in [0, 0.1) is 11.8 Å². The van der Waals surface area contributed by atoms with E-state index in [1.54, 1.807) is 26.2 Å². The van der Waals surface area contributed by atoms with Crippen molar-refractivity contribution in [1.29, 1.82) is 0 Å². The first-order chi connectivity index (χ1) is 9.04. The van der Waals surface area contributed by atoms with Gasteiger partial charge in [0.2, 0.25) is 5.91 Å². The molecule has 0 saturated heterocycles. The summed E-state index contributed by atoms with van der Waals surface area (Å²) in [6.45, 7) is 0.219. The number of amides is 2. The van der Waals surface area contributed by atoms with Crippen LogP contribution in [0.4, 0.5) is 0 Å². The molecule has 0 fully saturated rings. The van der Waals surface area contributed by atoms with Gasteiger partial charge in [-0.05, 0) is 12.1 Å². The molecule has 0 aliphatic rings. The van der Waals surface area contributed by atoms with Crippen molar-refractivity contribution in [1.82, 2.24) is 15.2 Å². The average molecular weight is 260 g/mol. The lowest BCUT2D eigenvalue weighted by Crippen LogP contribution is -2.36. The molecule has 3 N–H and O–H groups in total. The number of nitrogens with zero attached hydrogens (tertiary/aromatic N) is 2. The number of carbonyl (C=O) groups is 2. The first-order valence-electron chi connectivity index (χ1n) is 5.68. The number of nitrogens with two attached hydrogens (primary N) is 1. The summed E-state index contributed by atoms with van der Waals surface area (Å²) in [6, 6.07) is 3.23. The van der Waals surface area contributed by atoms with E-state index < -0.39 is 5.91 Å². The number of aromatic nitrogens is 1. The Morgan fingerprint density at radius 2 is 2.16 bits per heavy atom. The van der Waals surface area contributed by atoms with Gasteiger partial charge in [0.05, 0.1) is 13.1 Å². The number of carbonyl (C=O) groups excluding carboxylic acids is 2. The van der Waals surface area contributed by atoms with Gasteiger partial charge in [-0.2, -0.15) is 0 Å². The van der Waals surface area contributed by atoms with Gasteiger partial charge < -0.3 is 16.0 Å². The molecule has 1 heterocycles. The molecule has 1 aromatic heterocycles. The summed E-state index contributed by atoms with van der Waals surface area (Å²) < 4.78 is 0. The minimum atomic E-state index is -0.395. The van der Waals surface area contributed by atoms with Crippen LogP contribution in [0.15, 0.2) is 18.3 Å². The van der Waals surface area contributed by atoms with Gasteiger partial charge in [-0.1, -0.05) is 11.8 Å². The van der Waals surface area contributed by atoms with Crippen LogP contribution in [0.2, 0.25) is 0 Å². The molecule has 0 atom stereocenters. The number of hydrogen-bond donors (Lipinski definition) is 2. The van der Waals surface area contributed by atoms with Crippen molar-refractivity contribution in [2.24, 2.45) is 5.73 Å². The van der Waals surface area contributed by atoms with Crippen LogP contribution in [0.3, 0.4) is 0 Å². The van der Waals surface area contributed by atoms with Crippen LogP contribution < -0.4 is 11.1 Å². The lowest BCUT2D eigenvalue weighted by Gasteiger charge is -2.10. The predicted octanol–water partition coefficient (Wildman–Crippen LogP) is -0.790. The van der Waals surface area contributed by atoms with Crippen molar-refractivity contribution in [2.45, 2.75) is 0 Å². The highest BCUT2D eigenvalue weighted by Crippen LogP contribution is 1.98. The largest absolute Gasteiger partial charge is 0.347 e. The molecular weight excluding hydrogens is 244 g/mol. The molecule has 0 radical (unpaired) electrons. The topological polar surface area (TPSA) is 88.3 Å². The van der Waals surface area contributed by atoms with Crippen LogP contribution in [0.1, 0.15) is 16.1 Å². The van der Waals surface area contributed by atoms with E-state index in [-0.39, 0.29) is 24.7 Å². The first-order valence-corrected chi connectivity index (χ1v) is 5.68. The van der Waals surface area contributed by atoms with Crippen molar-refractivity contribution in [3.8, 4) is 11.8 Å². The molecule has 6 nitrogen and oxygen atoms in total. The smallest absolute Gasteiger partial charge is 0.270 e. The molecule has 0 aliphatic carbocycles. The van der Waals surface area contributed by atoms with Gasteiger partial charge in [0.1, 0.15) is 5.69 Å². The monoisotopic (exact) mass is 260 g/mol. The van der Waals surface area contributed by atoms with Gasteiger partial charge in [-0.25, -0.2) is 4.98 Å². The van der Waals surface area contributed by atoms with E-state index in [1.165, 1.54) is 11.1 Å². The maximum atomic E-state index is 11.7. The Balaban J connectivity index is 2.60. The summed E-state index contributed by atoms with van der Waals surface area (Å²) in [5.74, 6) is 4.92. The Morgan fingerprint density at radius 3 is 2.68 bits per heavy atom. The van der Waals surface area contributed by atoms with E-state index in [1.807, 2.05) is 0 Å². The molecule has 0 unspecified atom stereocenters. The Morgan fingerprint density at radius 1 is 1.42 bits per heavy atom. The van der Waals surface area contributed by atoms with Gasteiger partial charge in [0.25, 0.3) is 5.91 Å². The van der Waals surface area contributed by atoms with E-state index in [9.17, 15) is 9.59 Å². The fraction of sp³-hybridized carbons (Fsp3) is 0.308. The Hall–Kier alpha value is -2.39. The average Bonchev–Trinajstić information content (AvgIpc) is 2.42. The number of hydrogen-bond acceptors (Lipinski definition) is 4. The zero-order chi connectivity index (χ0) is 14.3. The number of pyridine rings is 1. The van der Waals surface area contributed by atoms with E-state index in [2.05, 4.69) is 22.1 Å². The quantitative estimate of drug-likeness (QED) is 0.697. The molecule has 0 aliphatic heterocycles. The minimum absolute atomic E-state index is 0.0533. The van der Waals surface area contributed by atoms with Gasteiger partial charge >= 0.3 is 0 Å². The fourth-order valence-corrected chi connectivity index (χ4v) is 1.16. The van der Waals surface area contributed by atoms with Crippen molar-refractivity contribution < 1.29 is 9.59 Å². The summed E-state index contributed by atoms with van der Waals surface area (Å²) in [4.78, 5) is 28.4. The fourth-order valence-electron chi connectivity index (χ4n) is 1.16. The molecule has 19 heavy (non-hydrogen) atoms. The molecule has 2 amide bonds. The maximum Gasteiger partial charge on any atom is 0.270 e. The van der Waals surface area contributed by atoms with Gasteiger partial charge in [-0.15, -0.1) is 0 Å². The third kappa shape index (κ3) is 4.77. The summed E-state index contributed by atoms with van der Waals surface area (Å²) in [5.41, 5.74) is 6.18. The Labute approximate surface area is 112 Å². The number of nitrogens with one attached hydrogen (secondary N) is 1. The number of rotatable bonds is 3. The summed E-state index contributed by atoms with van der Waals surface area (Å²) in [5, 5.41) is 2.49. The summed E-state index contributed by atoms with van der Waals surface area (Å²) in [6.07, 6.45) is 1.49. The van der Waals surface area contributed by atoms with E-state index in [0.717, 1.165) is 0 Å². The molecule has 0 saturated carbocycles. The molecule has 100 valence electrons. The molecule has 1 aromatic rings. The molecule has 0 bridgehead atoms. The van der Waals surface area contributed by atoms with Crippen LogP contribution in [0.25, 0.3) is 0 Å². The van der Waals surface area contributed by atoms with Crippen molar-refractivity contribution in [3.63, 3.8) is 0 Å². The third-order valence-corrected chi connectivity index (χ3v) is 2.23. The lowest BCUT2D eigenvalue weighted by atomic mass is 10.2. The molecular formula is C13H16N4O2. The molecule has 0 aromatic carbocycles. The van der Waals surface area contributed by atoms with Crippen molar-refractivity contribution >= 4 is 11.8 Å². The SMILES string of the molecule is CN(C)C(=O)CNC(=O)c1ccc(C#CCN)cn1. The summed E-state index contributed by atoms with van der Waals surface area (Å²) >= 11 is 0. The highest BCUT2D eigenvalue weighted by molar-refractivity contribution is 5.94. The standard InChI is InChI=1S/C13H16N4O2/c1-17(2)12(18)9-16-13(19)11-6-5-10(8-15-11)4-3-7-14/h5-6,8H,7,9,14H2,1-2H3,(H,16,19). The van der Waals surface area contributed by atoms with Gasteiger partial charge in [0.15, 0.2) is 0 Å². The van der Waals surface area contributed by atoms with Crippen LogP contribution in [-0.4, -0.2) is 48.9 Å². The maximum absolute atomic E-state index is 11.7. The zero-order valence-electron chi connectivity index (χ0n) is 10.9. The highest BCUT2D eigenvalue weighted by Gasteiger charge is 2.09. The highest BCUT2D eigenvalue weighted by atomic mass is 16.2. The second-order valence-corrected chi connectivity index (χ2v) is 3.91. The lowest BCUT2D eigenvalue weighted by molar-refractivity contribution is -0.127. The van der Waals surface area contributed by atoms with Gasteiger partial charge in [0, 0.05) is 25.9 Å². The Kier molecular flexibility index (Phi) is 5.51. The van der Waals surface area contributed by atoms with Crippen LogP contribution in [0.5, 0.6) is 0 Å². The van der Waals surface area contributed by atoms with Crippen LogP contribution >= 0.6 is 0 Å². The third-order valence-electron chi connectivity index (χ3n) is 2.23.